The summed E-state index contributed by atoms with van der Waals surface area (Å²) in [5, 5.41) is 2.81. The van der Waals surface area contributed by atoms with E-state index in [-0.39, 0.29) is 16.5 Å². The zero-order valence-corrected chi connectivity index (χ0v) is 11.5. The van der Waals surface area contributed by atoms with Gasteiger partial charge in [-0.15, -0.1) is 0 Å². The molecule has 0 unspecified atom stereocenters. The molecule has 0 radical (unpaired) electrons. The van der Waals surface area contributed by atoms with Crippen LogP contribution in [0.3, 0.4) is 0 Å². The van der Waals surface area contributed by atoms with Crippen molar-refractivity contribution in [1.82, 2.24) is 0 Å². The quantitative estimate of drug-likeness (QED) is 0.695. The molecule has 0 saturated heterocycles. The molecule has 0 bridgehead atoms. The number of amides is 1. The Balaban J connectivity index is 2.16. The van der Waals surface area contributed by atoms with Gasteiger partial charge < -0.3 is 10.1 Å². The lowest BCUT2D eigenvalue weighted by molar-refractivity contribution is -0.114. The van der Waals surface area contributed by atoms with Gasteiger partial charge in [-0.25, -0.2) is 4.79 Å². The van der Waals surface area contributed by atoms with E-state index in [9.17, 15) is 9.59 Å². The Morgan fingerprint density at radius 3 is 2.40 bits per heavy atom. The molecular formula is C15H12ClNO3. The highest BCUT2D eigenvalue weighted by Gasteiger charge is 2.13. The lowest BCUT2D eigenvalue weighted by Crippen LogP contribution is -2.10. The van der Waals surface area contributed by atoms with Crippen LogP contribution < -0.4 is 10.1 Å². The molecule has 4 nitrogen and oxygen atoms in total. The Kier molecular flexibility index (Phi) is 4.38. The van der Waals surface area contributed by atoms with Crippen molar-refractivity contribution in [2.75, 3.05) is 5.32 Å². The summed E-state index contributed by atoms with van der Waals surface area (Å²) in [6.45, 7) is 1.39. The maximum atomic E-state index is 12.0. The molecule has 1 amide bonds. The van der Waals surface area contributed by atoms with Crippen LogP contribution in [-0.4, -0.2) is 11.9 Å². The fraction of sp³-hybridized carbons (Fsp3) is 0.0667. The normalized spacial score (nSPS) is 9.90. The molecule has 102 valence electrons. The van der Waals surface area contributed by atoms with Crippen molar-refractivity contribution in [3.63, 3.8) is 0 Å². The number of benzene rings is 2. The van der Waals surface area contributed by atoms with Gasteiger partial charge in [0.25, 0.3) is 0 Å². The molecule has 1 N–H and O–H groups in total. The number of carbonyl (C=O) groups excluding carboxylic acids is 2. The predicted molar refractivity (Wildman–Crippen MR) is 77.2 cm³/mol. The maximum absolute atomic E-state index is 12.0. The second-order valence-electron chi connectivity index (χ2n) is 4.08. The first-order valence-corrected chi connectivity index (χ1v) is 6.28. The molecule has 2 rings (SSSR count). The van der Waals surface area contributed by atoms with Gasteiger partial charge in [0, 0.05) is 12.6 Å². The van der Waals surface area contributed by atoms with Gasteiger partial charge in [0.2, 0.25) is 5.91 Å². The Labute approximate surface area is 121 Å². The highest BCUT2D eigenvalue weighted by atomic mass is 35.5. The van der Waals surface area contributed by atoms with Crippen molar-refractivity contribution in [3.05, 3.63) is 59.1 Å². The van der Waals surface area contributed by atoms with Crippen molar-refractivity contribution < 1.29 is 14.3 Å². The summed E-state index contributed by atoms with van der Waals surface area (Å²) in [7, 11) is 0. The third-order valence-electron chi connectivity index (χ3n) is 2.46. The number of nitrogens with one attached hydrogen (secondary N) is 1. The van der Waals surface area contributed by atoms with E-state index in [1.54, 1.807) is 30.3 Å². The monoisotopic (exact) mass is 289 g/mol. The molecule has 0 aliphatic rings. The molecule has 0 aliphatic heterocycles. The lowest BCUT2D eigenvalue weighted by Gasteiger charge is -2.08. The fourth-order valence-corrected chi connectivity index (χ4v) is 1.87. The van der Waals surface area contributed by atoms with E-state index in [0.717, 1.165) is 0 Å². The molecule has 0 spiro atoms. The molecule has 0 aliphatic carbocycles. The molecule has 0 saturated carbocycles. The van der Waals surface area contributed by atoms with E-state index in [2.05, 4.69) is 5.32 Å². The lowest BCUT2D eigenvalue weighted by atomic mass is 10.2. The fourth-order valence-electron chi connectivity index (χ4n) is 1.61. The second-order valence-corrected chi connectivity index (χ2v) is 4.49. The number of carbonyl (C=O) groups is 2. The number of hydrogen-bond donors (Lipinski definition) is 1. The van der Waals surface area contributed by atoms with Gasteiger partial charge in [-0.3, -0.25) is 4.79 Å². The Morgan fingerprint density at radius 1 is 1.10 bits per heavy atom. The van der Waals surface area contributed by atoms with Crippen molar-refractivity contribution in [2.24, 2.45) is 0 Å². The molecule has 5 heteroatoms. The summed E-state index contributed by atoms with van der Waals surface area (Å²) in [6.07, 6.45) is 0. The van der Waals surface area contributed by atoms with Gasteiger partial charge >= 0.3 is 5.97 Å². The molecule has 0 heterocycles. The van der Waals surface area contributed by atoms with E-state index < -0.39 is 5.97 Å². The zero-order valence-electron chi connectivity index (χ0n) is 10.7. The topological polar surface area (TPSA) is 55.4 Å². The standard InChI is InChI=1S/C15H12ClNO3/c1-10(18)17-11-7-8-13(14(16)9-11)15(19)20-12-5-3-2-4-6-12/h2-9H,1H3,(H,17,18). The van der Waals surface area contributed by atoms with Crippen LogP contribution in [0.15, 0.2) is 48.5 Å². The number of rotatable bonds is 3. The van der Waals surface area contributed by atoms with Gasteiger partial charge in [-0.1, -0.05) is 29.8 Å². The van der Waals surface area contributed by atoms with Crippen molar-refractivity contribution in [3.8, 4) is 5.75 Å². The van der Waals surface area contributed by atoms with Gasteiger partial charge in [0.15, 0.2) is 0 Å². The van der Waals surface area contributed by atoms with Crippen LogP contribution in [-0.2, 0) is 4.79 Å². The summed E-state index contributed by atoms with van der Waals surface area (Å²) < 4.78 is 5.19. The van der Waals surface area contributed by atoms with Gasteiger partial charge in [0.05, 0.1) is 10.6 Å². The molecule has 0 atom stereocenters. The van der Waals surface area contributed by atoms with Crippen molar-refractivity contribution in [1.29, 1.82) is 0 Å². The van der Waals surface area contributed by atoms with Crippen LogP contribution in [0.5, 0.6) is 5.75 Å². The number of halogens is 1. The first kappa shape index (κ1) is 14.1. The third-order valence-corrected chi connectivity index (χ3v) is 2.78. The number of para-hydroxylation sites is 1. The second kappa shape index (κ2) is 6.21. The molecule has 2 aromatic rings. The average molecular weight is 290 g/mol. The van der Waals surface area contributed by atoms with E-state index in [1.807, 2.05) is 6.07 Å². The van der Waals surface area contributed by atoms with Crippen LogP contribution in [0.25, 0.3) is 0 Å². The van der Waals surface area contributed by atoms with Crippen LogP contribution >= 0.6 is 11.6 Å². The number of anilines is 1. The van der Waals surface area contributed by atoms with Crippen LogP contribution in [0, 0.1) is 0 Å². The minimum atomic E-state index is -0.546. The summed E-state index contributed by atoms with van der Waals surface area (Å²) in [6, 6.07) is 13.3. The van der Waals surface area contributed by atoms with Crippen molar-refractivity contribution >= 4 is 29.2 Å². The van der Waals surface area contributed by atoms with Crippen LogP contribution in [0.1, 0.15) is 17.3 Å². The highest BCUT2D eigenvalue weighted by molar-refractivity contribution is 6.34. The summed E-state index contributed by atoms with van der Waals surface area (Å²) in [4.78, 5) is 22.9. The third kappa shape index (κ3) is 3.59. The molecular weight excluding hydrogens is 278 g/mol. The SMILES string of the molecule is CC(=O)Nc1ccc(C(=O)Oc2ccccc2)c(Cl)c1. The average Bonchev–Trinajstić information content (AvgIpc) is 2.39. The van der Waals surface area contributed by atoms with E-state index in [4.69, 9.17) is 16.3 Å². The van der Waals surface area contributed by atoms with Crippen LogP contribution in [0.2, 0.25) is 5.02 Å². The minimum absolute atomic E-state index is 0.208. The Bertz CT molecular complexity index is 641. The van der Waals surface area contributed by atoms with E-state index in [0.29, 0.717) is 11.4 Å². The Hall–Kier alpha value is -2.33. The smallest absolute Gasteiger partial charge is 0.345 e. The van der Waals surface area contributed by atoms with Crippen LogP contribution in [0.4, 0.5) is 5.69 Å². The zero-order chi connectivity index (χ0) is 14.5. The van der Waals surface area contributed by atoms with E-state index >= 15 is 0 Å². The number of hydrogen-bond acceptors (Lipinski definition) is 3. The summed E-state index contributed by atoms with van der Waals surface area (Å²) in [5.41, 5.74) is 0.767. The molecule has 20 heavy (non-hydrogen) atoms. The largest absolute Gasteiger partial charge is 0.423 e. The minimum Gasteiger partial charge on any atom is -0.423 e. The van der Waals surface area contributed by atoms with Gasteiger partial charge in [-0.05, 0) is 30.3 Å². The molecule has 0 aromatic heterocycles. The maximum Gasteiger partial charge on any atom is 0.345 e. The number of ether oxygens (including phenoxy) is 1. The first-order valence-electron chi connectivity index (χ1n) is 5.90. The Morgan fingerprint density at radius 2 is 1.80 bits per heavy atom. The van der Waals surface area contributed by atoms with Gasteiger partial charge in [0.1, 0.15) is 5.75 Å². The summed E-state index contributed by atoms with van der Waals surface area (Å²) >= 11 is 6.02. The van der Waals surface area contributed by atoms with Gasteiger partial charge in [-0.2, -0.15) is 0 Å². The van der Waals surface area contributed by atoms with E-state index in [1.165, 1.54) is 19.1 Å². The molecule has 2 aromatic carbocycles. The predicted octanol–water partition coefficient (Wildman–Crippen LogP) is 3.52. The summed E-state index contributed by atoms with van der Waals surface area (Å²) in [5.74, 6) is -0.309. The molecule has 0 fully saturated rings. The number of esters is 1. The first-order chi connectivity index (χ1) is 9.56. The highest BCUT2D eigenvalue weighted by Crippen LogP contribution is 2.22. The van der Waals surface area contributed by atoms with Crippen molar-refractivity contribution in [2.45, 2.75) is 6.92 Å².